The molecule has 50 heavy (non-hydrogen) atoms. The lowest BCUT2D eigenvalue weighted by Gasteiger charge is -2.39. The van der Waals surface area contributed by atoms with E-state index in [0.29, 0.717) is 51.4 Å². The molecule has 4 aromatic carbocycles. The smallest absolute Gasteiger partial charge is 0.323 e. The van der Waals surface area contributed by atoms with Crippen LogP contribution in [0.3, 0.4) is 0 Å². The Balaban J connectivity index is 1.17. The van der Waals surface area contributed by atoms with Crippen molar-refractivity contribution < 1.29 is 47.5 Å². The summed E-state index contributed by atoms with van der Waals surface area (Å²) >= 11 is 0. The highest BCUT2D eigenvalue weighted by Crippen LogP contribution is 2.55. The lowest BCUT2D eigenvalue weighted by atomic mass is 9.65. The fourth-order valence-corrected chi connectivity index (χ4v) is 6.93. The minimum atomic E-state index is -0.647. The highest BCUT2D eigenvalue weighted by molar-refractivity contribution is 6.00. The Morgan fingerprint density at radius 3 is 1.90 bits per heavy atom. The number of amides is 3. The molecule has 3 amide bonds. The first-order valence-electron chi connectivity index (χ1n) is 15.8. The first-order valence-corrected chi connectivity index (χ1v) is 15.8. The van der Waals surface area contributed by atoms with Gasteiger partial charge in [0.15, 0.2) is 23.0 Å². The van der Waals surface area contributed by atoms with E-state index in [1.807, 2.05) is 24.3 Å². The average molecular weight is 682 g/mol. The van der Waals surface area contributed by atoms with E-state index in [9.17, 15) is 14.4 Å². The van der Waals surface area contributed by atoms with Crippen LogP contribution in [-0.4, -0.2) is 59.7 Å². The number of fused-ring (bicyclic) bond motifs is 3. The molecule has 1 aliphatic carbocycles. The summed E-state index contributed by atoms with van der Waals surface area (Å²) < 4.78 is 39.1. The fraction of sp³-hybridized carbons (Fsp3) is 0.270. The number of ether oxygens (including phenoxy) is 7. The van der Waals surface area contributed by atoms with E-state index in [4.69, 9.17) is 33.2 Å². The molecular formula is C37H35N3O10. The maximum absolute atomic E-state index is 13.8. The summed E-state index contributed by atoms with van der Waals surface area (Å²) in [6.45, 7) is 0.160. The molecule has 0 aromatic heterocycles. The average Bonchev–Trinajstić information content (AvgIpc) is 3.76. The van der Waals surface area contributed by atoms with E-state index < -0.39 is 29.8 Å². The number of benzene rings is 4. The van der Waals surface area contributed by atoms with E-state index in [0.717, 1.165) is 16.7 Å². The van der Waals surface area contributed by atoms with Crippen LogP contribution in [0.4, 0.5) is 16.2 Å². The highest BCUT2D eigenvalue weighted by Gasteiger charge is 2.53. The van der Waals surface area contributed by atoms with Crippen LogP contribution in [-0.2, 0) is 9.53 Å². The molecule has 4 atom stereocenters. The Bertz CT molecular complexity index is 1920. The number of cyclic esters (lactones) is 1. The second-order valence-corrected chi connectivity index (χ2v) is 11.9. The maximum atomic E-state index is 13.8. The van der Waals surface area contributed by atoms with Gasteiger partial charge in [0.2, 0.25) is 12.5 Å². The molecule has 0 radical (unpaired) electrons. The van der Waals surface area contributed by atoms with Crippen molar-refractivity contribution in [3.05, 3.63) is 95.1 Å². The number of nitrogens with one attached hydrogen (secondary N) is 3. The molecule has 3 aliphatic rings. The van der Waals surface area contributed by atoms with Gasteiger partial charge in [-0.25, -0.2) is 4.79 Å². The predicted octanol–water partition coefficient (Wildman–Crippen LogP) is 5.50. The van der Waals surface area contributed by atoms with Crippen molar-refractivity contribution in [2.24, 2.45) is 11.8 Å². The first-order chi connectivity index (χ1) is 24.3. The van der Waals surface area contributed by atoms with Gasteiger partial charge < -0.3 is 49.1 Å². The van der Waals surface area contributed by atoms with Crippen molar-refractivity contribution in [1.82, 2.24) is 5.32 Å². The quantitative estimate of drug-likeness (QED) is 0.193. The van der Waals surface area contributed by atoms with Gasteiger partial charge in [-0.2, -0.15) is 0 Å². The van der Waals surface area contributed by atoms with Gasteiger partial charge in [-0.3, -0.25) is 9.59 Å². The minimum absolute atomic E-state index is 0.0531. The van der Waals surface area contributed by atoms with E-state index in [-0.39, 0.29) is 25.3 Å². The number of hydrogen-bond donors (Lipinski definition) is 3. The third-order valence-electron chi connectivity index (χ3n) is 9.27. The van der Waals surface area contributed by atoms with Crippen molar-refractivity contribution in [3.63, 3.8) is 0 Å². The summed E-state index contributed by atoms with van der Waals surface area (Å²) in [6, 6.07) is 19.8. The first kappa shape index (κ1) is 32.4. The van der Waals surface area contributed by atoms with Crippen molar-refractivity contribution in [1.29, 1.82) is 0 Å². The van der Waals surface area contributed by atoms with Gasteiger partial charge in [-0.15, -0.1) is 0 Å². The van der Waals surface area contributed by atoms with Crippen molar-refractivity contribution >= 4 is 29.3 Å². The second kappa shape index (κ2) is 13.4. The molecule has 2 aliphatic heterocycles. The molecule has 1 saturated heterocycles. The van der Waals surface area contributed by atoms with Crippen molar-refractivity contribution in [2.45, 2.75) is 12.0 Å². The number of carbonyl (C=O) groups excluding carboxylic acids is 3. The normalized spacial score (nSPS) is 19.7. The minimum Gasteiger partial charge on any atom is -0.497 e. The standard InChI is InChI=1S/C37H35N3O10/c1-44-23-11-9-22(10-12-23)39-37(43)38-21-7-5-19(6-8-21)35(41)40-33-25-16-28-27(49-18-50-28)15-24(25)31(32-26(33)17-48-36(32)42)20-13-29(45-2)34(47-4)30(14-20)46-3/h5-16,26,31-33H,17-18H2,1-4H3,(H,40,41)(H2,38,39,43)/t26-,31+,32-,33+/m0/s1. The Morgan fingerprint density at radius 2 is 1.32 bits per heavy atom. The monoisotopic (exact) mass is 681 g/mol. The molecule has 0 spiro atoms. The molecule has 0 unspecified atom stereocenters. The number of rotatable bonds is 9. The Kier molecular flexibility index (Phi) is 8.71. The van der Waals surface area contributed by atoms with Crippen molar-refractivity contribution in [2.75, 3.05) is 52.5 Å². The third-order valence-corrected chi connectivity index (χ3v) is 9.27. The van der Waals surface area contributed by atoms with Crippen LogP contribution < -0.4 is 44.4 Å². The van der Waals surface area contributed by atoms with Gasteiger partial charge in [0.05, 0.1) is 47.0 Å². The van der Waals surface area contributed by atoms with Gasteiger partial charge in [-0.05, 0) is 89.5 Å². The van der Waals surface area contributed by atoms with Crippen LogP contribution >= 0.6 is 0 Å². The van der Waals surface area contributed by atoms with Crippen LogP contribution in [0.1, 0.15) is 39.0 Å². The van der Waals surface area contributed by atoms with Crippen LogP contribution in [0.25, 0.3) is 0 Å². The predicted molar refractivity (Wildman–Crippen MR) is 181 cm³/mol. The van der Waals surface area contributed by atoms with E-state index in [1.54, 1.807) is 55.6 Å². The zero-order chi connectivity index (χ0) is 34.9. The van der Waals surface area contributed by atoms with Gasteiger partial charge in [0.1, 0.15) is 5.75 Å². The van der Waals surface area contributed by atoms with E-state index >= 15 is 0 Å². The summed E-state index contributed by atoms with van der Waals surface area (Å²) in [5.41, 5.74) is 3.74. The number of hydrogen-bond acceptors (Lipinski definition) is 10. The van der Waals surface area contributed by atoms with E-state index in [1.165, 1.54) is 21.3 Å². The summed E-state index contributed by atoms with van der Waals surface area (Å²) in [4.78, 5) is 39.9. The molecule has 0 saturated carbocycles. The molecule has 13 heteroatoms. The third kappa shape index (κ3) is 5.91. The van der Waals surface area contributed by atoms with Gasteiger partial charge in [0, 0.05) is 28.8 Å². The van der Waals surface area contributed by atoms with Crippen LogP contribution in [0, 0.1) is 11.8 Å². The lowest BCUT2D eigenvalue weighted by molar-refractivity contribution is -0.141. The number of methoxy groups -OCH3 is 4. The van der Waals surface area contributed by atoms with E-state index in [2.05, 4.69) is 16.0 Å². The molecule has 7 rings (SSSR count). The van der Waals surface area contributed by atoms with Crippen LogP contribution in [0.15, 0.2) is 72.8 Å². The van der Waals surface area contributed by atoms with Crippen LogP contribution in [0.2, 0.25) is 0 Å². The lowest BCUT2D eigenvalue weighted by Crippen LogP contribution is -2.42. The molecule has 258 valence electrons. The Morgan fingerprint density at radius 1 is 0.720 bits per heavy atom. The molecule has 13 nitrogen and oxygen atoms in total. The summed E-state index contributed by atoms with van der Waals surface area (Å²) in [5, 5.41) is 8.68. The molecular weight excluding hydrogens is 646 g/mol. The molecule has 2 heterocycles. The van der Waals surface area contributed by atoms with Crippen LogP contribution in [0.5, 0.6) is 34.5 Å². The fourth-order valence-electron chi connectivity index (χ4n) is 6.93. The summed E-state index contributed by atoms with van der Waals surface area (Å²) in [5.74, 6) is 0.778. The van der Waals surface area contributed by atoms with Crippen molar-refractivity contribution in [3.8, 4) is 34.5 Å². The second-order valence-electron chi connectivity index (χ2n) is 11.9. The zero-order valence-electron chi connectivity index (χ0n) is 27.7. The SMILES string of the molecule is COc1ccc(NC(=O)Nc2ccc(C(=O)N[C@@H]3c4cc5c(cc4[C@@H](c4cc(OC)c(OC)c(OC)c4)[C@H]4C(=O)OC[C@@H]43)OCO5)cc2)cc1. The highest BCUT2D eigenvalue weighted by atomic mass is 16.7. The topological polar surface area (TPSA) is 152 Å². The summed E-state index contributed by atoms with van der Waals surface area (Å²) in [7, 11) is 6.16. The Labute approximate surface area is 287 Å². The van der Waals surface area contributed by atoms with Gasteiger partial charge in [0.25, 0.3) is 5.91 Å². The number of urea groups is 1. The maximum Gasteiger partial charge on any atom is 0.323 e. The number of anilines is 2. The molecule has 4 aromatic rings. The van der Waals surface area contributed by atoms with Gasteiger partial charge in [-0.1, -0.05) is 0 Å². The van der Waals surface area contributed by atoms with Gasteiger partial charge >= 0.3 is 12.0 Å². The largest absolute Gasteiger partial charge is 0.497 e. The zero-order valence-corrected chi connectivity index (χ0v) is 27.7. The Hall–Kier alpha value is -6.11. The summed E-state index contributed by atoms with van der Waals surface area (Å²) in [6.07, 6.45) is 0. The molecule has 3 N–H and O–H groups in total. The number of carbonyl (C=O) groups is 3. The number of esters is 1. The molecule has 0 bridgehead atoms. The molecule has 1 fully saturated rings.